The van der Waals surface area contributed by atoms with Gasteiger partial charge in [-0.25, -0.2) is 0 Å². The lowest BCUT2D eigenvalue weighted by Crippen LogP contribution is -2.22. The molecule has 1 aromatic heterocycles. The number of rotatable bonds is 7. The number of hydrogen-bond acceptors (Lipinski definition) is 5. The minimum Gasteiger partial charge on any atom is -0.495 e. The quantitative estimate of drug-likeness (QED) is 0.496. The number of amides is 2. The second-order valence-corrected chi connectivity index (χ2v) is 7.90. The Labute approximate surface area is 177 Å². The molecule has 0 saturated carbocycles. The molecule has 0 fully saturated rings. The molecule has 1 unspecified atom stereocenters. The molecule has 0 spiro atoms. The molecule has 8 heteroatoms. The molecule has 2 amide bonds. The van der Waals surface area contributed by atoms with Crippen LogP contribution in [0.25, 0.3) is 0 Å². The standard InChI is InChI=1S/C21H19ClN2O4S/c1-13(20(25)24-17-11-14(22)8-9-18(17)27-2)29-16-6-3-5-15(12-16)23-21(26)19-7-4-10-28-19/h3-13H,1-2H3,(H,23,26)(H,24,25). The highest BCUT2D eigenvalue weighted by atomic mass is 35.5. The van der Waals surface area contributed by atoms with Crippen LogP contribution in [0, 0.1) is 0 Å². The summed E-state index contributed by atoms with van der Waals surface area (Å²) in [4.78, 5) is 25.5. The van der Waals surface area contributed by atoms with Crippen LogP contribution in [0.3, 0.4) is 0 Å². The first kappa shape index (κ1) is 20.8. The number of methoxy groups -OCH3 is 1. The van der Waals surface area contributed by atoms with Crippen molar-refractivity contribution in [2.75, 3.05) is 17.7 Å². The Balaban J connectivity index is 1.64. The minimum absolute atomic E-state index is 0.194. The highest BCUT2D eigenvalue weighted by Gasteiger charge is 2.17. The van der Waals surface area contributed by atoms with Gasteiger partial charge in [-0.05, 0) is 55.5 Å². The number of halogens is 1. The lowest BCUT2D eigenvalue weighted by atomic mass is 10.3. The molecule has 0 radical (unpaired) electrons. The number of benzene rings is 2. The Morgan fingerprint density at radius 3 is 2.66 bits per heavy atom. The fourth-order valence-corrected chi connectivity index (χ4v) is 3.62. The zero-order valence-corrected chi connectivity index (χ0v) is 17.3. The number of carbonyl (C=O) groups excluding carboxylic acids is 2. The smallest absolute Gasteiger partial charge is 0.291 e. The summed E-state index contributed by atoms with van der Waals surface area (Å²) in [7, 11) is 1.53. The van der Waals surface area contributed by atoms with Gasteiger partial charge in [0.1, 0.15) is 5.75 Å². The van der Waals surface area contributed by atoms with Crippen LogP contribution in [0.4, 0.5) is 11.4 Å². The zero-order chi connectivity index (χ0) is 20.8. The summed E-state index contributed by atoms with van der Waals surface area (Å²) >= 11 is 7.38. The summed E-state index contributed by atoms with van der Waals surface area (Å²) in [6.45, 7) is 1.80. The SMILES string of the molecule is COc1ccc(Cl)cc1NC(=O)C(C)Sc1cccc(NC(=O)c2ccco2)c1. The molecule has 6 nitrogen and oxygen atoms in total. The molecule has 1 atom stereocenters. The fourth-order valence-electron chi connectivity index (χ4n) is 2.52. The van der Waals surface area contributed by atoms with Crippen LogP contribution in [-0.2, 0) is 4.79 Å². The molecule has 2 aromatic carbocycles. The van der Waals surface area contributed by atoms with Gasteiger partial charge in [0.05, 0.1) is 24.3 Å². The number of thioether (sulfide) groups is 1. The summed E-state index contributed by atoms with van der Waals surface area (Å²) < 4.78 is 10.3. The molecular weight excluding hydrogens is 412 g/mol. The van der Waals surface area contributed by atoms with Crippen LogP contribution >= 0.6 is 23.4 Å². The highest BCUT2D eigenvalue weighted by molar-refractivity contribution is 8.00. The van der Waals surface area contributed by atoms with Crippen LogP contribution in [0.1, 0.15) is 17.5 Å². The van der Waals surface area contributed by atoms with Gasteiger partial charge in [0.15, 0.2) is 5.76 Å². The lowest BCUT2D eigenvalue weighted by molar-refractivity contribution is -0.115. The molecule has 3 aromatic rings. The normalized spacial score (nSPS) is 11.6. The first-order valence-electron chi connectivity index (χ1n) is 8.72. The van der Waals surface area contributed by atoms with Crippen LogP contribution < -0.4 is 15.4 Å². The van der Waals surface area contributed by atoms with Gasteiger partial charge >= 0.3 is 0 Å². The number of anilines is 2. The van der Waals surface area contributed by atoms with Gasteiger partial charge in [0, 0.05) is 15.6 Å². The van der Waals surface area contributed by atoms with Crippen molar-refractivity contribution in [2.24, 2.45) is 0 Å². The van der Waals surface area contributed by atoms with Gasteiger partial charge in [0.25, 0.3) is 5.91 Å². The van der Waals surface area contributed by atoms with Crippen molar-refractivity contribution in [3.8, 4) is 5.75 Å². The first-order chi connectivity index (χ1) is 14.0. The van der Waals surface area contributed by atoms with Crippen molar-refractivity contribution >= 4 is 46.6 Å². The molecule has 0 aliphatic heterocycles. The van der Waals surface area contributed by atoms with Gasteiger partial charge in [-0.2, -0.15) is 0 Å². The maximum Gasteiger partial charge on any atom is 0.291 e. The monoisotopic (exact) mass is 430 g/mol. The van der Waals surface area contributed by atoms with E-state index in [0.29, 0.717) is 22.1 Å². The summed E-state index contributed by atoms with van der Waals surface area (Å²) in [6, 6.07) is 15.5. The van der Waals surface area contributed by atoms with Gasteiger partial charge in [-0.15, -0.1) is 11.8 Å². The van der Waals surface area contributed by atoms with Crippen molar-refractivity contribution in [1.82, 2.24) is 0 Å². The molecule has 0 bridgehead atoms. The van der Waals surface area contributed by atoms with E-state index in [-0.39, 0.29) is 17.6 Å². The molecular formula is C21H19ClN2O4S. The van der Waals surface area contributed by atoms with Crippen LogP contribution in [-0.4, -0.2) is 24.2 Å². The molecule has 3 rings (SSSR count). The topological polar surface area (TPSA) is 80.6 Å². The van der Waals surface area contributed by atoms with Gasteiger partial charge < -0.3 is 19.8 Å². The second kappa shape index (κ2) is 9.54. The minimum atomic E-state index is -0.394. The molecule has 2 N–H and O–H groups in total. The van der Waals surface area contributed by atoms with Crippen molar-refractivity contribution < 1.29 is 18.7 Å². The zero-order valence-electron chi connectivity index (χ0n) is 15.8. The van der Waals surface area contributed by atoms with Crippen molar-refractivity contribution in [3.63, 3.8) is 0 Å². The number of furan rings is 1. The average molecular weight is 431 g/mol. The van der Waals surface area contributed by atoms with Gasteiger partial charge in [-0.1, -0.05) is 17.7 Å². The van der Waals surface area contributed by atoms with Crippen LogP contribution in [0.5, 0.6) is 5.75 Å². The maximum atomic E-state index is 12.6. The molecule has 0 saturated heterocycles. The Bertz CT molecular complexity index is 1010. The fraction of sp³-hybridized carbons (Fsp3) is 0.143. The number of nitrogens with one attached hydrogen (secondary N) is 2. The van der Waals surface area contributed by atoms with Gasteiger partial charge in [0.2, 0.25) is 5.91 Å². The molecule has 0 aliphatic carbocycles. The summed E-state index contributed by atoms with van der Waals surface area (Å²) in [6.07, 6.45) is 1.44. The van der Waals surface area contributed by atoms with Crippen LogP contribution in [0.2, 0.25) is 5.02 Å². The summed E-state index contributed by atoms with van der Waals surface area (Å²) in [5.41, 5.74) is 1.12. The van der Waals surface area contributed by atoms with Crippen molar-refractivity contribution in [2.45, 2.75) is 17.1 Å². The van der Waals surface area contributed by atoms with Crippen molar-refractivity contribution in [3.05, 3.63) is 71.6 Å². The van der Waals surface area contributed by atoms with E-state index in [4.69, 9.17) is 20.8 Å². The van der Waals surface area contributed by atoms with E-state index in [9.17, 15) is 9.59 Å². The summed E-state index contributed by atoms with van der Waals surface area (Å²) in [5, 5.41) is 5.71. The maximum absolute atomic E-state index is 12.6. The van der Waals surface area contributed by atoms with E-state index in [0.717, 1.165) is 4.90 Å². The highest BCUT2D eigenvalue weighted by Crippen LogP contribution is 2.30. The summed E-state index contributed by atoms with van der Waals surface area (Å²) in [5.74, 6) is 0.227. The predicted molar refractivity (Wildman–Crippen MR) is 115 cm³/mol. The Hall–Kier alpha value is -2.90. The van der Waals surface area contributed by atoms with Gasteiger partial charge in [-0.3, -0.25) is 9.59 Å². The van der Waals surface area contributed by atoms with E-state index in [1.807, 2.05) is 12.1 Å². The number of carbonyl (C=O) groups is 2. The third kappa shape index (κ3) is 5.56. The van der Waals surface area contributed by atoms with Crippen molar-refractivity contribution in [1.29, 1.82) is 0 Å². The van der Waals surface area contributed by atoms with E-state index < -0.39 is 5.25 Å². The van der Waals surface area contributed by atoms with E-state index in [1.165, 1.54) is 25.1 Å². The Morgan fingerprint density at radius 1 is 1.10 bits per heavy atom. The molecule has 150 valence electrons. The number of ether oxygens (including phenoxy) is 1. The largest absolute Gasteiger partial charge is 0.495 e. The lowest BCUT2D eigenvalue weighted by Gasteiger charge is -2.15. The van der Waals surface area contributed by atoms with Crippen LogP contribution in [0.15, 0.2) is 70.2 Å². The average Bonchev–Trinajstić information content (AvgIpc) is 3.23. The third-order valence-corrected chi connectivity index (χ3v) is 5.27. The Morgan fingerprint density at radius 2 is 1.93 bits per heavy atom. The first-order valence-corrected chi connectivity index (χ1v) is 9.98. The predicted octanol–water partition coefficient (Wildman–Crippen LogP) is 5.31. The third-order valence-electron chi connectivity index (χ3n) is 3.94. The van der Waals surface area contributed by atoms with E-state index in [2.05, 4.69) is 10.6 Å². The van der Waals surface area contributed by atoms with E-state index in [1.54, 1.807) is 49.4 Å². The molecule has 0 aliphatic rings. The number of hydrogen-bond donors (Lipinski definition) is 2. The molecule has 29 heavy (non-hydrogen) atoms. The second-order valence-electron chi connectivity index (χ2n) is 6.05. The molecule has 1 heterocycles. The van der Waals surface area contributed by atoms with E-state index >= 15 is 0 Å². The Kier molecular flexibility index (Phi) is 6.85.